The number of hydrogen-bond acceptors (Lipinski definition) is 5. The van der Waals surface area contributed by atoms with E-state index in [0.717, 1.165) is 45.2 Å². The van der Waals surface area contributed by atoms with Gasteiger partial charge in [0.05, 0.1) is 28.9 Å². The minimum absolute atomic E-state index is 0.0160. The normalized spacial score (nSPS) is 12.0. The molecule has 0 aromatic heterocycles. The summed E-state index contributed by atoms with van der Waals surface area (Å²) in [4.78, 5) is 13.1. The second-order valence-corrected chi connectivity index (χ2v) is 13.0. The third-order valence-corrected chi connectivity index (χ3v) is 9.22. The summed E-state index contributed by atoms with van der Waals surface area (Å²) in [5.41, 5.74) is 2.80. The van der Waals surface area contributed by atoms with Crippen molar-refractivity contribution in [2.45, 2.75) is 43.2 Å². The number of carbonyl (C=O) groups is 1. The summed E-state index contributed by atoms with van der Waals surface area (Å²) in [7, 11) is -2.57. The minimum Gasteiger partial charge on any atom is -0.489 e. The summed E-state index contributed by atoms with van der Waals surface area (Å²) in [6, 6.07) is 27.9. The lowest BCUT2D eigenvalue weighted by atomic mass is 9.88. The fourth-order valence-corrected chi connectivity index (χ4v) is 6.57. The first kappa shape index (κ1) is 31.8. The topological polar surface area (TPSA) is 69.7 Å². The van der Waals surface area contributed by atoms with Crippen molar-refractivity contribution in [1.82, 2.24) is 0 Å². The van der Waals surface area contributed by atoms with Crippen LogP contribution in [0, 0.1) is 0 Å². The third-order valence-electron chi connectivity index (χ3n) is 7.56. The standard InChI is InChI=1S/C36H31F3O5S/c1-23(2)32-18-28(22-45(41,42)31-16-15-25-7-4-5-8-27(25)17-31)34(35(40)43-3)20-33(32)26-13-11-24(12-14-26)21-44-30-10-6-9-29(19-30)36(37,38)39/h4-20,23H,21-22H2,1-3H3. The molecular weight excluding hydrogens is 601 g/mol. The minimum atomic E-state index is -4.46. The Labute approximate surface area is 260 Å². The van der Waals surface area contributed by atoms with Crippen LogP contribution in [0.15, 0.2) is 108 Å². The molecule has 0 aliphatic carbocycles. The van der Waals surface area contributed by atoms with E-state index in [1.54, 1.807) is 42.5 Å². The van der Waals surface area contributed by atoms with Gasteiger partial charge in [0.2, 0.25) is 0 Å². The SMILES string of the molecule is COC(=O)c1cc(-c2ccc(COc3cccc(C(F)(F)F)c3)cc2)c(C(C)C)cc1CS(=O)(=O)c1ccc2ccccc2c1. The van der Waals surface area contributed by atoms with Gasteiger partial charge in [-0.2, -0.15) is 13.2 Å². The average Bonchev–Trinajstić information content (AvgIpc) is 3.02. The zero-order chi connectivity index (χ0) is 32.4. The lowest BCUT2D eigenvalue weighted by Crippen LogP contribution is -2.13. The highest BCUT2D eigenvalue weighted by Crippen LogP contribution is 2.35. The van der Waals surface area contributed by atoms with Crippen molar-refractivity contribution in [2.24, 2.45) is 0 Å². The maximum Gasteiger partial charge on any atom is 0.416 e. The first-order chi connectivity index (χ1) is 21.4. The van der Waals surface area contributed by atoms with Crippen LogP contribution in [-0.2, 0) is 33.1 Å². The molecule has 0 saturated heterocycles. The van der Waals surface area contributed by atoms with Crippen molar-refractivity contribution < 1.29 is 35.9 Å². The molecule has 0 spiro atoms. The van der Waals surface area contributed by atoms with Gasteiger partial charge in [-0.15, -0.1) is 0 Å². The molecule has 9 heteroatoms. The van der Waals surface area contributed by atoms with E-state index in [0.29, 0.717) is 5.56 Å². The predicted molar refractivity (Wildman–Crippen MR) is 168 cm³/mol. The number of esters is 1. The Hall–Kier alpha value is -4.63. The van der Waals surface area contributed by atoms with Crippen molar-refractivity contribution in [3.63, 3.8) is 0 Å². The zero-order valence-electron chi connectivity index (χ0n) is 24.9. The Morgan fingerprint density at radius 1 is 0.822 bits per heavy atom. The zero-order valence-corrected chi connectivity index (χ0v) is 25.7. The number of rotatable bonds is 9. The Kier molecular flexibility index (Phi) is 9.02. The lowest BCUT2D eigenvalue weighted by molar-refractivity contribution is -0.137. The first-order valence-corrected chi connectivity index (χ1v) is 15.9. The van der Waals surface area contributed by atoms with E-state index in [1.807, 2.05) is 50.2 Å². The molecule has 5 nitrogen and oxygen atoms in total. The van der Waals surface area contributed by atoms with Gasteiger partial charge in [-0.25, -0.2) is 13.2 Å². The van der Waals surface area contributed by atoms with Gasteiger partial charge in [-0.3, -0.25) is 0 Å². The van der Waals surface area contributed by atoms with Gasteiger partial charge < -0.3 is 9.47 Å². The van der Waals surface area contributed by atoms with Crippen LogP contribution in [0.5, 0.6) is 5.75 Å². The van der Waals surface area contributed by atoms with Gasteiger partial charge in [-0.1, -0.05) is 80.6 Å². The maximum absolute atomic E-state index is 13.6. The number of carbonyl (C=O) groups excluding carboxylic acids is 1. The summed E-state index contributed by atoms with van der Waals surface area (Å²) in [5, 5.41) is 1.72. The van der Waals surface area contributed by atoms with E-state index in [4.69, 9.17) is 9.47 Å². The van der Waals surface area contributed by atoms with Crippen LogP contribution >= 0.6 is 0 Å². The number of sulfone groups is 1. The molecule has 0 bridgehead atoms. The number of halogens is 3. The van der Waals surface area contributed by atoms with Gasteiger partial charge in [0, 0.05) is 0 Å². The highest BCUT2D eigenvalue weighted by Gasteiger charge is 2.30. The largest absolute Gasteiger partial charge is 0.489 e. The molecule has 0 heterocycles. The second-order valence-electron chi connectivity index (χ2n) is 11.0. The van der Waals surface area contributed by atoms with E-state index in [1.165, 1.54) is 19.2 Å². The molecule has 0 amide bonds. The Morgan fingerprint density at radius 3 is 2.20 bits per heavy atom. The molecule has 0 unspecified atom stereocenters. The molecular formula is C36H31F3O5S. The molecule has 0 saturated carbocycles. The third kappa shape index (κ3) is 7.20. The van der Waals surface area contributed by atoms with E-state index in [2.05, 4.69) is 0 Å². The number of benzene rings is 5. The predicted octanol–water partition coefficient (Wildman–Crippen LogP) is 8.99. The number of methoxy groups -OCH3 is 1. The molecule has 0 fully saturated rings. The summed E-state index contributed by atoms with van der Waals surface area (Å²) < 4.78 is 77.0. The Balaban J connectivity index is 1.45. The van der Waals surface area contributed by atoms with Crippen LogP contribution in [0.25, 0.3) is 21.9 Å². The summed E-state index contributed by atoms with van der Waals surface area (Å²) in [5.74, 6) is -0.950. The first-order valence-electron chi connectivity index (χ1n) is 14.2. The average molecular weight is 633 g/mol. The van der Waals surface area contributed by atoms with Crippen molar-refractivity contribution in [3.05, 3.63) is 131 Å². The monoisotopic (exact) mass is 632 g/mol. The van der Waals surface area contributed by atoms with Crippen molar-refractivity contribution in [2.75, 3.05) is 7.11 Å². The van der Waals surface area contributed by atoms with E-state index >= 15 is 0 Å². The molecule has 45 heavy (non-hydrogen) atoms. The molecule has 0 aliphatic heterocycles. The highest BCUT2D eigenvalue weighted by atomic mass is 32.2. The molecule has 232 valence electrons. The number of fused-ring (bicyclic) bond motifs is 1. The molecule has 5 aromatic rings. The fraction of sp³-hybridized carbons (Fsp3) is 0.194. The van der Waals surface area contributed by atoms with Gasteiger partial charge in [-0.05, 0) is 80.9 Å². The summed E-state index contributed by atoms with van der Waals surface area (Å²) in [6.07, 6.45) is -4.46. The van der Waals surface area contributed by atoms with Crippen molar-refractivity contribution in [1.29, 1.82) is 0 Å². The quantitative estimate of drug-likeness (QED) is 0.152. The molecule has 0 aliphatic rings. The molecule has 0 N–H and O–H groups in total. The summed E-state index contributed by atoms with van der Waals surface area (Å²) >= 11 is 0. The second kappa shape index (κ2) is 12.8. The molecule has 0 radical (unpaired) electrons. The van der Waals surface area contributed by atoms with Crippen molar-refractivity contribution in [3.8, 4) is 16.9 Å². The smallest absolute Gasteiger partial charge is 0.416 e. The van der Waals surface area contributed by atoms with E-state index < -0.39 is 27.5 Å². The van der Waals surface area contributed by atoms with E-state index in [9.17, 15) is 26.4 Å². The number of alkyl halides is 3. The van der Waals surface area contributed by atoms with Crippen LogP contribution in [0.1, 0.15) is 52.4 Å². The van der Waals surface area contributed by atoms with Gasteiger partial charge >= 0.3 is 12.1 Å². The fourth-order valence-electron chi connectivity index (χ4n) is 5.17. The molecule has 5 aromatic carbocycles. The van der Waals surface area contributed by atoms with Crippen LogP contribution in [0.2, 0.25) is 0 Å². The Bertz CT molecular complexity index is 1960. The van der Waals surface area contributed by atoms with Gasteiger partial charge in [0.25, 0.3) is 0 Å². The van der Waals surface area contributed by atoms with Crippen LogP contribution < -0.4 is 4.74 Å². The van der Waals surface area contributed by atoms with E-state index in [-0.39, 0.29) is 34.5 Å². The van der Waals surface area contributed by atoms with Gasteiger partial charge in [0.1, 0.15) is 12.4 Å². The van der Waals surface area contributed by atoms with Crippen LogP contribution in [0.4, 0.5) is 13.2 Å². The van der Waals surface area contributed by atoms with Crippen LogP contribution in [-0.4, -0.2) is 21.5 Å². The Morgan fingerprint density at radius 2 is 1.53 bits per heavy atom. The number of hydrogen-bond donors (Lipinski definition) is 0. The van der Waals surface area contributed by atoms with Crippen LogP contribution in [0.3, 0.4) is 0 Å². The highest BCUT2D eigenvalue weighted by molar-refractivity contribution is 7.90. The molecule has 0 atom stereocenters. The van der Waals surface area contributed by atoms with Crippen molar-refractivity contribution >= 4 is 26.6 Å². The number of ether oxygens (including phenoxy) is 2. The van der Waals surface area contributed by atoms with Gasteiger partial charge in [0.15, 0.2) is 9.84 Å². The molecule has 5 rings (SSSR count). The maximum atomic E-state index is 13.6. The summed E-state index contributed by atoms with van der Waals surface area (Å²) in [6.45, 7) is 4.02. The lowest BCUT2D eigenvalue weighted by Gasteiger charge is -2.19.